The van der Waals surface area contributed by atoms with Gasteiger partial charge in [0, 0.05) is 0 Å². The third-order valence-electron chi connectivity index (χ3n) is 0.289. The fourth-order valence-electron chi connectivity index (χ4n) is 0. The standard InChI is InChI=1S/C2H3ClO2.C2H5NO2.H3N/c2*3-1-2(4)5;/h1H2,(H,4,5);1,3H2,(H,4,5);1H3. The van der Waals surface area contributed by atoms with E-state index in [-0.39, 0.29) is 18.6 Å². The van der Waals surface area contributed by atoms with Crippen LogP contribution in [0.15, 0.2) is 0 Å². The fraction of sp³-hybridized carbons (Fsp3) is 0.500. The summed E-state index contributed by atoms with van der Waals surface area (Å²) < 4.78 is 0. The van der Waals surface area contributed by atoms with Gasteiger partial charge in [-0.15, -0.1) is 11.6 Å². The molecule has 0 atom stereocenters. The third-order valence-corrected chi connectivity index (χ3v) is 0.518. The van der Waals surface area contributed by atoms with Crippen molar-refractivity contribution in [1.29, 1.82) is 0 Å². The van der Waals surface area contributed by atoms with Crippen LogP contribution >= 0.6 is 11.6 Å². The first-order valence-corrected chi connectivity index (χ1v) is 2.77. The van der Waals surface area contributed by atoms with Crippen molar-refractivity contribution in [2.75, 3.05) is 12.4 Å². The van der Waals surface area contributed by atoms with Crippen LogP contribution in [0, 0.1) is 0 Å². The van der Waals surface area contributed by atoms with Crippen molar-refractivity contribution >= 4 is 23.5 Å². The number of carboxylic acid groups (broad SMARTS) is 2. The van der Waals surface area contributed by atoms with Gasteiger partial charge in [0.15, 0.2) is 0 Å². The van der Waals surface area contributed by atoms with Gasteiger partial charge in [0.1, 0.15) is 5.88 Å². The van der Waals surface area contributed by atoms with Gasteiger partial charge in [-0.2, -0.15) is 0 Å². The summed E-state index contributed by atoms with van der Waals surface area (Å²) in [6.45, 7) is -0.278. The van der Waals surface area contributed by atoms with E-state index in [0.29, 0.717) is 0 Å². The number of nitrogens with two attached hydrogens (primary N) is 1. The van der Waals surface area contributed by atoms with Gasteiger partial charge in [0.05, 0.1) is 6.54 Å². The Morgan fingerprint density at radius 1 is 1.27 bits per heavy atom. The number of hydrogen-bond donors (Lipinski definition) is 4. The minimum absolute atomic E-state index is 0. The number of alkyl halides is 1. The molecular formula is C4H11ClN2O4. The molecule has 0 amide bonds. The second-order valence-electron chi connectivity index (χ2n) is 1.13. The Kier molecular flexibility index (Phi) is 18.0. The monoisotopic (exact) mass is 186 g/mol. The highest BCUT2D eigenvalue weighted by Crippen LogP contribution is 1.67. The van der Waals surface area contributed by atoms with Crippen LogP contribution in [-0.2, 0) is 9.59 Å². The summed E-state index contributed by atoms with van der Waals surface area (Å²) in [5.41, 5.74) is 4.57. The molecule has 68 valence electrons. The molecule has 0 heterocycles. The lowest BCUT2D eigenvalue weighted by Gasteiger charge is -1.73. The van der Waals surface area contributed by atoms with E-state index in [2.05, 4.69) is 5.73 Å². The van der Waals surface area contributed by atoms with E-state index in [9.17, 15) is 9.59 Å². The molecule has 0 aromatic rings. The van der Waals surface area contributed by atoms with Gasteiger partial charge in [-0.1, -0.05) is 0 Å². The van der Waals surface area contributed by atoms with Crippen LogP contribution in [0.25, 0.3) is 0 Å². The second kappa shape index (κ2) is 11.9. The molecule has 7 heteroatoms. The molecule has 0 fully saturated rings. The van der Waals surface area contributed by atoms with Gasteiger partial charge in [0.25, 0.3) is 0 Å². The van der Waals surface area contributed by atoms with Gasteiger partial charge in [-0.05, 0) is 0 Å². The first-order valence-electron chi connectivity index (χ1n) is 2.24. The Morgan fingerprint density at radius 2 is 1.45 bits per heavy atom. The maximum absolute atomic E-state index is 9.24. The van der Waals surface area contributed by atoms with E-state index in [1.165, 1.54) is 0 Å². The number of hydrogen-bond acceptors (Lipinski definition) is 4. The van der Waals surface area contributed by atoms with Crippen molar-refractivity contribution in [2.24, 2.45) is 5.73 Å². The van der Waals surface area contributed by atoms with E-state index < -0.39 is 11.9 Å². The van der Waals surface area contributed by atoms with Crippen molar-refractivity contribution in [2.45, 2.75) is 0 Å². The van der Waals surface area contributed by atoms with Crippen molar-refractivity contribution in [3.63, 3.8) is 0 Å². The molecule has 7 N–H and O–H groups in total. The van der Waals surface area contributed by atoms with E-state index in [1.54, 1.807) is 0 Å². The molecule has 0 aliphatic carbocycles. The van der Waals surface area contributed by atoms with Gasteiger partial charge in [-0.25, -0.2) is 0 Å². The van der Waals surface area contributed by atoms with Crippen LogP contribution in [-0.4, -0.2) is 34.6 Å². The minimum atomic E-state index is -0.980. The van der Waals surface area contributed by atoms with Crippen molar-refractivity contribution in [3.05, 3.63) is 0 Å². The SMILES string of the molecule is N.NCC(=O)O.O=C(O)CCl. The predicted octanol–water partition coefficient (Wildman–Crippen LogP) is -0.498. The minimum Gasteiger partial charge on any atom is -0.480 e. The smallest absolute Gasteiger partial charge is 0.318 e. The zero-order valence-electron chi connectivity index (χ0n) is 5.79. The molecule has 0 aromatic carbocycles. The highest BCUT2D eigenvalue weighted by molar-refractivity contribution is 6.26. The van der Waals surface area contributed by atoms with E-state index in [1.807, 2.05) is 0 Å². The summed E-state index contributed by atoms with van der Waals surface area (Å²) in [6.07, 6.45) is 0. The normalized spacial score (nSPS) is 6.73. The Morgan fingerprint density at radius 3 is 1.45 bits per heavy atom. The number of rotatable bonds is 2. The largest absolute Gasteiger partial charge is 0.480 e. The first-order chi connectivity index (χ1) is 4.54. The summed E-state index contributed by atoms with van der Waals surface area (Å²) in [7, 11) is 0. The Bertz CT molecular complexity index is 105. The molecule has 0 aliphatic rings. The van der Waals surface area contributed by atoms with Gasteiger partial charge in [-0.3, -0.25) is 9.59 Å². The summed E-state index contributed by atoms with van der Waals surface area (Å²) in [5, 5.41) is 15.2. The zero-order chi connectivity index (χ0) is 8.57. The maximum Gasteiger partial charge on any atom is 0.318 e. The Hall–Kier alpha value is -0.850. The average molecular weight is 187 g/mol. The molecular weight excluding hydrogens is 176 g/mol. The van der Waals surface area contributed by atoms with Crippen molar-refractivity contribution < 1.29 is 19.8 Å². The number of halogens is 1. The van der Waals surface area contributed by atoms with Crippen molar-refractivity contribution in [1.82, 2.24) is 6.15 Å². The molecule has 0 saturated heterocycles. The van der Waals surface area contributed by atoms with Crippen LogP contribution < -0.4 is 11.9 Å². The summed E-state index contributed by atoms with van der Waals surface area (Å²) in [5.74, 6) is -2.25. The molecule has 11 heavy (non-hydrogen) atoms. The second-order valence-corrected chi connectivity index (χ2v) is 1.39. The molecule has 0 spiro atoms. The molecule has 0 bridgehead atoms. The summed E-state index contributed by atoms with van der Waals surface area (Å²) >= 11 is 4.74. The fourth-order valence-corrected chi connectivity index (χ4v) is 0. The lowest BCUT2D eigenvalue weighted by molar-refractivity contribution is -0.135. The van der Waals surface area contributed by atoms with Crippen LogP contribution in [0.1, 0.15) is 0 Å². The van der Waals surface area contributed by atoms with E-state index in [4.69, 9.17) is 21.8 Å². The Labute approximate surface area is 68.5 Å². The topological polar surface area (TPSA) is 136 Å². The van der Waals surface area contributed by atoms with Crippen LogP contribution in [0.5, 0.6) is 0 Å². The third kappa shape index (κ3) is 47.1. The first kappa shape index (κ1) is 16.6. The van der Waals surface area contributed by atoms with E-state index >= 15 is 0 Å². The van der Waals surface area contributed by atoms with Crippen LogP contribution in [0.4, 0.5) is 0 Å². The van der Waals surface area contributed by atoms with Crippen LogP contribution in [0.3, 0.4) is 0 Å². The molecule has 0 radical (unpaired) electrons. The average Bonchev–Trinajstić information content (AvgIpc) is 1.89. The molecule has 0 rings (SSSR count). The van der Waals surface area contributed by atoms with E-state index in [0.717, 1.165) is 0 Å². The van der Waals surface area contributed by atoms with Gasteiger partial charge >= 0.3 is 11.9 Å². The number of aliphatic carboxylic acids is 2. The molecule has 0 unspecified atom stereocenters. The summed E-state index contributed by atoms with van der Waals surface area (Å²) in [6, 6.07) is 0. The molecule has 0 saturated carbocycles. The molecule has 6 nitrogen and oxygen atoms in total. The highest BCUT2D eigenvalue weighted by Gasteiger charge is 1.83. The van der Waals surface area contributed by atoms with Crippen molar-refractivity contribution in [3.8, 4) is 0 Å². The lowest BCUT2D eigenvalue weighted by atomic mass is 10.7. The Balaban J connectivity index is -0.000000107. The lowest BCUT2D eigenvalue weighted by Crippen LogP contribution is -2.10. The van der Waals surface area contributed by atoms with Crippen LogP contribution in [0.2, 0.25) is 0 Å². The number of carboxylic acids is 2. The van der Waals surface area contributed by atoms with Gasteiger partial charge in [0.2, 0.25) is 0 Å². The zero-order valence-corrected chi connectivity index (χ0v) is 6.54. The number of carbonyl (C=O) groups is 2. The predicted molar refractivity (Wildman–Crippen MR) is 40.1 cm³/mol. The summed E-state index contributed by atoms with van der Waals surface area (Å²) in [4.78, 5) is 18.5. The van der Waals surface area contributed by atoms with Gasteiger partial charge < -0.3 is 22.1 Å². The quantitative estimate of drug-likeness (QED) is 0.430. The highest BCUT2D eigenvalue weighted by atomic mass is 35.5. The molecule has 0 aromatic heterocycles. The maximum atomic E-state index is 9.24. The molecule has 0 aliphatic heterocycles.